The topological polar surface area (TPSA) is 104 Å². The normalized spacial score (nSPS) is 11.6. The molecular weight excluding hydrogens is 402 g/mol. The highest BCUT2D eigenvalue weighted by Gasteiger charge is 2.26. The molecule has 2 aromatic carbocycles. The molecule has 1 amide bonds. The quantitative estimate of drug-likeness (QED) is 0.576. The molecule has 8 heteroatoms. The van der Waals surface area contributed by atoms with Gasteiger partial charge in [-0.05, 0) is 48.1 Å². The van der Waals surface area contributed by atoms with E-state index in [1.807, 2.05) is 54.1 Å². The van der Waals surface area contributed by atoms with Crippen LogP contribution in [0.3, 0.4) is 0 Å². The highest BCUT2D eigenvalue weighted by atomic mass is 32.2. The third-order valence-electron chi connectivity index (χ3n) is 4.74. The molecule has 3 aromatic rings. The van der Waals surface area contributed by atoms with Crippen molar-refractivity contribution < 1.29 is 17.4 Å². The van der Waals surface area contributed by atoms with Gasteiger partial charge in [-0.3, -0.25) is 0 Å². The first kappa shape index (κ1) is 21.6. The Morgan fingerprint density at radius 1 is 1.17 bits per heavy atom. The maximum absolute atomic E-state index is 12.8. The van der Waals surface area contributed by atoms with Crippen molar-refractivity contribution in [1.29, 1.82) is 0 Å². The number of benzene rings is 2. The van der Waals surface area contributed by atoms with Gasteiger partial charge in [-0.15, -0.1) is 0 Å². The first-order valence-corrected chi connectivity index (χ1v) is 11.0. The number of carbonyl (C=O) groups is 1. The summed E-state index contributed by atoms with van der Waals surface area (Å²) in [5.74, 6) is 1.18. The van der Waals surface area contributed by atoms with Crippen LogP contribution in [0.15, 0.2) is 59.8 Å². The maximum atomic E-state index is 12.8. The van der Waals surface area contributed by atoms with Crippen LogP contribution in [0.5, 0.6) is 0 Å². The third-order valence-corrected chi connectivity index (χ3v) is 6.00. The molecular formula is C22H25N3O4S. The first-order valence-electron chi connectivity index (χ1n) is 9.60. The molecule has 2 N–H and O–H groups in total. The summed E-state index contributed by atoms with van der Waals surface area (Å²) in [6.45, 7) is 6.54. The lowest BCUT2D eigenvalue weighted by atomic mass is 9.93. The molecule has 0 bridgehead atoms. The Balaban J connectivity index is 2.25. The second-order valence-corrected chi connectivity index (χ2v) is 9.05. The summed E-state index contributed by atoms with van der Waals surface area (Å²) in [5.41, 5.74) is 8.03. The summed E-state index contributed by atoms with van der Waals surface area (Å²) in [7, 11) is -4.39. The number of hydrogen-bond donors (Lipinski definition) is 1. The number of aryl methyl sites for hydroxylation is 1. The lowest BCUT2D eigenvalue weighted by Crippen LogP contribution is -2.20. The molecule has 0 aliphatic carbocycles. The van der Waals surface area contributed by atoms with Crippen molar-refractivity contribution in [3.8, 4) is 11.1 Å². The molecule has 158 valence electrons. The van der Waals surface area contributed by atoms with Crippen molar-refractivity contribution in [2.75, 3.05) is 0 Å². The third kappa shape index (κ3) is 4.88. The summed E-state index contributed by atoms with van der Waals surface area (Å²) in [4.78, 5) is 15.4. The molecule has 0 atom stereocenters. The lowest BCUT2D eigenvalue weighted by molar-refractivity contribution is 0.213. The summed E-state index contributed by atoms with van der Waals surface area (Å²) < 4.78 is 32.1. The molecule has 3 rings (SSSR count). The van der Waals surface area contributed by atoms with E-state index in [1.165, 1.54) is 0 Å². The maximum Gasteiger partial charge on any atom is 0.420 e. The number of rotatable bonds is 7. The Morgan fingerprint density at radius 3 is 2.43 bits per heavy atom. The van der Waals surface area contributed by atoms with Crippen LogP contribution in [0.1, 0.15) is 30.8 Å². The van der Waals surface area contributed by atoms with E-state index in [0.717, 1.165) is 23.4 Å². The number of aromatic nitrogens is 2. The predicted molar refractivity (Wildman–Crippen MR) is 114 cm³/mol. The van der Waals surface area contributed by atoms with Gasteiger partial charge >= 0.3 is 16.2 Å². The average molecular weight is 428 g/mol. The Bertz CT molecular complexity index is 1150. The Kier molecular flexibility index (Phi) is 6.26. The molecule has 7 nitrogen and oxygen atoms in total. The molecule has 1 aromatic heterocycles. The second-order valence-electron chi connectivity index (χ2n) is 7.54. The summed E-state index contributed by atoms with van der Waals surface area (Å²) in [6.07, 6.45) is 2.93. The summed E-state index contributed by atoms with van der Waals surface area (Å²) in [6, 6.07) is 12.6. The van der Waals surface area contributed by atoms with Crippen LogP contribution in [0.25, 0.3) is 11.1 Å². The lowest BCUT2D eigenvalue weighted by Gasteiger charge is -2.18. The molecule has 0 aliphatic heterocycles. The van der Waals surface area contributed by atoms with E-state index in [4.69, 9.17) is 5.73 Å². The zero-order valence-electron chi connectivity index (χ0n) is 17.2. The van der Waals surface area contributed by atoms with E-state index < -0.39 is 16.2 Å². The van der Waals surface area contributed by atoms with Gasteiger partial charge in [-0.2, -0.15) is 8.42 Å². The van der Waals surface area contributed by atoms with E-state index in [0.29, 0.717) is 23.6 Å². The molecule has 0 saturated carbocycles. The van der Waals surface area contributed by atoms with Crippen LogP contribution in [0.2, 0.25) is 0 Å². The van der Waals surface area contributed by atoms with Crippen LogP contribution in [0, 0.1) is 12.8 Å². The van der Waals surface area contributed by atoms with Crippen molar-refractivity contribution >= 4 is 16.2 Å². The van der Waals surface area contributed by atoms with Crippen molar-refractivity contribution in [2.45, 2.75) is 38.6 Å². The summed E-state index contributed by atoms with van der Waals surface area (Å²) >= 11 is 0. The molecule has 0 unspecified atom stereocenters. The van der Waals surface area contributed by atoms with E-state index >= 15 is 0 Å². The van der Waals surface area contributed by atoms with E-state index in [-0.39, 0.29) is 4.90 Å². The fraction of sp³-hybridized carbons (Fsp3) is 0.273. The zero-order chi connectivity index (χ0) is 21.9. The number of nitrogens with zero attached hydrogens (tertiary/aromatic N) is 2. The number of nitrogens with two attached hydrogens (primary N) is 1. The summed E-state index contributed by atoms with van der Waals surface area (Å²) in [5, 5.41) is 0. The highest BCUT2D eigenvalue weighted by molar-refractivity contribution is 7.87. The number of amides is 1. The fourth-order valence-electron chi connectivity index (χ4n) is 3.40. The van der Waals surface area contributed by atoms with Gasteiger partial charge in [0.25, 0.3) is 0 Å². The van der Waals surface area contributed by atoms with Crippen molar-refractivity contribution in [3.63, 3.8) is 0 Å². The van der Waals surface area contributed by atoms with Crippen LogP contribution < -0.4 is 5.73 Å². The fourth-order valence-corrected chi connectivity index (χ4v) is 4.44. The smallest absolute Gasteiger partial charge is 0.334 e. The second kappa shape index (κ2) is 8.71. The minimum Gasteiger partial charge on any atom is -0.334 e. The molecule has 1 heterocycles. The van der Waals surface area contributed by atoms with Gasteiger partial charge in [0.05, 0.1) is 0 Å². The Labute approximate surface area is 176 Å². The molecule has 30 heavy (non-hydrogen) atoms. The van der Waals surface area contributed by atoms with E-state index in [9.17, 15) is 13.2 Å². The molecule has 0 saturated heterocycles. The number of primary amides is 1. The van der Waals surface area contributed by atoms with Crippen LogP contribution in [-0.2, 0) is 27.3 Å². The predicted octanol–water partition coefficient (Wildman–Crippen LogP) is 3.89. The number of hydrogen-bond acceptors (Lipinski definition) is 5. The molecule has 0 radical (unpaired) electrons. The number of imidazole rings is 1. The van der Waals surface area contributed by atoms with E-state index in [1.54, 1.807) is 12.3 Å². The van der Waals surface area contributed by atoms with Gasteiger partial charge < -0.3 is 14.5 Å². The minimum absolute atomic E-state index is 0.0900. The van der Waals surface area contributed by atoms with Gasteiger partial charge in [0.2, 0.25) is 0 Å². The molecule has 0 fully saturated rings. The van der Waals surface area contributed by atoms with Gasteiger partial charge in [-0.1, -0.05) is 44.2 Å². The zero-order valence-corrected chi connectivity index (χ0v) is 18.0. The van der Waals surface area contributed by atoms with Crippen molar-refractivity contribution in [2.24, 2.45) is 11.7 Å². The number of carbonyl (C=O) groups excluding carboxylic acids is 1. The largest absolute Gasteiger partial charge is 0.420 e. The van der Waals surface area contributed by atoms with Gasteiger partial charge in [0, 0.05) is 24.5 Å². The van der Waals surface area contributed by atoms with Crippen LogP contribution in [-0.4, -0.2) is 24.1 Å². The SMILES string of the molecule is Cc1nccn1Cc1cc(S(=O)(=O)OC(N)=O)c(-c2ccccc2)cc1CC(C)C. The molecule has 0 spiro atoms. The van der Waals surface area contributed by atoms with Gasteiger partial charge in [0.1, 0.15) is 10.7 Å². The van der Waals surface area contributed by atoms with Crippen LogP contribution >= 0.6 is 0 Å². The standard InChI is InChI=1S/C22H25N3O4S/c1-15(2)11-18-12-20(17-7-5-4-6-8-17)21(30(27,28)29-22(23)26)13-19(18)14-25-10-9-24-16(25)3/h4-10,12-13,15H,11,14H2,1-3H3,(H2,23,26). The Morgan fingerprint density at radius 2 is 1.87 bits per heavy atom. The highest BCUT2D eigenvalue weighted by Crippen LogP contribution is 2.33. The van der Waals surface area contributed by atoms with Crippen molar-refractivity contribution in [1.82, 2.24) is 9.55 Å². The monoisotopic (exact) mass is 427 g/mol. The first-order chi connectivity index (χ1) is 14.2. The minimum atomic E-state index is -4.39. The van der Waals surface area contributed by atoms with Crippen molar-refractivity contribution in [3.05, 3.63) is 71.8 Å². The van der Waals surface area contributed by atoms with E-state index in [2.05, 4.69) is 23.0 Å². The Hall–Kier alpha value is -3.13. The van der Waals surface area contributed by atoms with Crippen LogP contribution in [0.4, 0.5) is 4.79 Å². The van der Waals surface area contributed by atoms with Gasteiger partial charge in [0.15, 0.2) is 0 Å². The van der Waals surface area contributed by atoms with Gasteiger partial charge in [-0.25, -0.2) is 9.78 Å². The average Bonchev–Trinajstić information content (AvgIpc) is 3.06. The molecule has 0 aliphatic rings.